The van der Waals surface area contributed by atoms with Gasteiger partial charge in [-0.15, -0.1) is 0 Å². The second-order valence-electron chi connectivity index (χ2n) is 2.93. The van der Waals surface area contributed by atoms with Gasteiger partial charge in [0.25, 0.3) is 0 Å². The molecule has 0 heterocycles. The van der Waals surface area contributed by atoms with Gasteiger partial charge in [0, 0.05) is 6.04 Å². The van der Waals surface area contributed by atoms with Crippen molar-refractivity contribution >= 4 is 0 Å². The number of likely N-dealkylation sites (N-methyl/N-ethyl adjacent to an activating group) is 1. The fourth-order valence-electron chi connectivity index (χ4n) is 1.19. The fraction of sp³-hybridized carbons (Fsp3) is 1.00. The minimum Gasteiger partial charge on any atom is -0.395 e. The Morgan fingerprint density at radius 2 is 2.00 bits per heavy atom. The van der Waals surface area contributed by atoms with Gasteiger partial charge in [-0.2, -0.15) is 0 Å². The molecule has 11 heavy (non-hydrogen) atoms. The topological polar surface area (TPSA) is 32.3 Å². The third-order valence-corrected chi connectivity index (χ3v) is 1.87. The van der Waals surface area contributed by atoms with Crippen LogP contribution in [0.4, 0.5) is 0 Å². The van der Waals surface area contributed by atoms with Crippen molar-refractivity contribution in [1.82, 2.24) is 5.32 Å². The molecule has 0 saturated heterocycles. The highest BCUT2D eigenvalue weighted by Crippen LogP contribution is 2.02. The molecule has 0 aliphatic heterocycles. The molecule has 0 bridgehead atoms. The Kier molecular flexibility index (Phi) is 7.96. The standard InChI is InChI=1S/C9H21NO/c1-3-5-6-7-9(8-11)10-4-2/h9-11H,3-8H2,1-2H3. The molecule has 0 rings (SSSR count). The highest BCUT2D eigenvalue weighted by Gasteiger charge is 2.03. The molecule has 0 fully saturated rings. The Balaban J connectivity index is 3.20. The largest absolute Gasteiger partial charge is 0.395 e. The van der Waals surface area contributed by atoms with Gasteiger partial charge < -0.3 is 10.4 Å². The lowest BCUT2D eigenvalue weighted by Gasteiger charge is -2.13. The molecule has 2 nitrogen and oxygen atoms in total. The SMILES string of the molecule is CCCCCC(CO)NCC. The first-order chi connectivity index (χ1) is 5.35. The fourth-order valence-corrected chi connectivity index (χ4v) is 1.19. The Labute approximate surface area is 70.0 Å². The Morgan fingerprint density at radius 1 is 1.27 bits per heavy atom. The van der Waals surface area contributed by atoms with Crippen molar-refractivity contribution < 1.29 is 5.11 Å². The lowest BCUT2D eigenvalue weighted by atomic mass is 10.1. The summed E-state index contributed by atoms with van der Waals surface area (Å²) in [4.78, 5) is 0. The van der Waals surface area contributed by atoms with Crippen LogP contribution in [0.1, 0.15) is 39.5 Å². The number of hydrogen-bond donors (Lipinski definition) is 2. The Bertz CT molecular complexity index is 76.0. The molecule has 2 N–H and O–H groups in total. The predicted octanol–water partition coefficient (Wildman–Crippen LogP) is 1.54. The average Bonchev–Trinajstić information content (AvgIpc) is 2.03. The highest BCUT2D eigenvalue weighted by atomic mass is 16.3. The summed E-state index contributed by atoms with van der Waals surface area (Å²) < 4.78 is 0. The van der Waals surface area contributed by atoms with E-state index in [2.05, 4.69) is 19.2 Å². The van der Waals surface area contributed by atoms with E-state index in [1.54, 1.807) is 0 Å². The molecular formula is C9H21NO. The molecule has 0 aliphatic carbocycles. The molecule has 68 valence electrons. The number of nitrogens with one attached hydrogen (secondary N) is 1. The summed E-state index contributed by atoms with van der Waals surface area (Å²) >= 11 is 0. The molecule has 1 unspecified atom stereocenters. The van der Waals surface area contributed by atoms with Gasteiger partial charge in [-0.05, 0) is 13.0 Å². The minimum absolute atomic E-state index is 0.275. The number of unbranched alkanes of at least 4 members (excludes halogenated alkanes) is 2. The number of aliphatic hydroxyl groups is 1. The maximum absolute atomic E-state index is 8.89. The summed E-state index contributed by atoms with van der Waals surface area (Å²) in [5.74, 6) is 0. The second-order valence-corrected chi connectivity index (χ2v) is 2.93. The third kappa shape index (κ3) is 6.32. The van der Waals surface area contributed by atoms with Crippen LogP contribution in [0.15, 0.2) is 0 Å². The maximum atomic E-state index is 8.89. The molecule has 0 saturated carbocycles. The van der Waals surface area contributed by atoms with Gasteiger partial charge in [-0.3, -0.25) is 0 Å². The zero-order chi connectivity index (χ0) is 8.53. The average molecular weight is 159 g/mol. The van der Waals surface area contributed by atoms with Gasteiger partial charge >= 0.3 is 0 Å². The van der Waals surface area contributed by atoms with E-state index in [0.717, 1.165) is 13.0 Å². The van der Waals surface area contributed by atoms with Crippen molar-refractivity contribution in [3.63, 3.8) is 0 Å². The van der Waals surface area contributed by atoms with Crippen LogP contribution < -0.4 is 5.32 Å². The first kappa shape index (κ1) is 10.9. The van der Waals surface area contributed by atoms with Crippen LogP contribution in [-0.4, -0.2) is 24.3 Å². The van der Waals surface area contributed by atoms with Crippen molar-refractivity contribution in [1.29, 1.82) is 0 Å². The van der Waals surface area contributed by atoms with Crippen molar-refractivity contribution in [3.05, 3.63) is 0 Å². The van der Waals surface area contributed by atoms with E-state index in [9.17, 15) is 0 Å². The van der Waals surface area contributed by atoms with E-state index in [0.29, 0.717) is 6.04 Å². The predicted molar refractivity (Wildman–Crippen MR) is 48.7 cm³/mol. The van der Waals surface area contributed by atoms with Crippen LogP contribution in [0.3, 0.4) is 0 Å². The third-order valence-electron chi connectivity index (χ3n) is 1.87. The molecule has 2 heteroatoms. The molecule has 0 aromatic carbocycles. The van der Waals surface area contributed by atoms with Crippen LogP contribution in [-0.2, 0) is 0 Å². The number of rotatable bonds is 7. The van der Waals surface area contributed by atoms with E-state index >= 15 is 0 Å². The Hall–Kier alpha value is -0.0800. The number of aliphatic hydroxyl groups excluding tert-OH is 1. The van der Waals surface area contributed by atoms with Crippen molar-refractivity contribution in [2.45, 2.75) is 45.6 Å². The van der Waals surface area contributed by atoms with E-state index < -0.39 is 0 Å². The molecule has 0 radical (unpaired) electrons. The van der Waals surface area contributed by atoms with Crippen molar-refractivity contribution in [2.24, 2.45) is 0 Å². The summed E-state index contributed by atoms with van der Waals surface area (Å²) in [5.41, 5.74) is 0. The van der Waals surface area contributed by atoms with Crippen molar-refractivity contribution in [2.75, 3.05) is 13.2 Å². The first-order valence-electron chi connectivity index (χ1n) is 4.69. The lowest BCUT2D eigenvalue weighted by Crippen LogP contribution is -2.32. The van der Waals surface area contributed by atoms with E-state index in [1.165, 1.54) is 19.3 Å². The summed E-state index contributed by atoms with van der Waals surface area (Å²) in [5, 5.41) is 12.1. The van der Waals surface area contributed by atoms with Gasteiger partial charge in [-0.25, -0.2) is 0 Å². The summed E-state index contributed by atoms with van der Waals surface area (Å²) in [6.07, 6.45) is 4.87. The van der Waals surface area contributed by atoms with Gasteiger partial charge in [0.1, 0.15) is 0 Å². The molecule has 0 aromatic heterocycles. The monoisotopic (exact) mass is 159 g/mol. The highest BCUT2D eigenvalue weighted by molar-refractivity contribution is 4.63. The molecule has 0 amide bonds. The quantitative estimate of drug-likeness (QED) is 0.552. The second kappa shape index (κ2) is 8.02. The molecule has 0 spiro atoms. The summed E-state index contributed by atoms with van der Waals surface area (Å²) in [7, 11) is 0. The minimum atomic E-state index is 0.275. The maximum Gasteiger partial charge on any atom is 0.0584 e. The zero-order valence-corrected chi connectivity index (χ0v) is 7.77. The van der Waals surface area contributed by atoms with E-state index in [1.807, 2.05) is 0 Å². The zero-order valence-electron chi connectivity index (χ0n) is 7.77. The smallest absolute Gasteiger partial charge is 0.0584 e. The summed E-state index contributed by atoms with van der Waals surface area (Å²) in [6, 6.07) is 0.326. The van der Waals surface area contributed by atoms with Crippen LogP contribution in [0.5, 0.6) is 0 Å². The lowest BCUT2D eigenvalue weighted by molar-refractivity contribution is 0.235. The van der Waals surface area contributed by atoms with Gasteiger partial charge in [-0.1, -0.05) is 33.1 Å². The molecule has 0 aromatic rings. The molecule has 1 atom stereocenters. The van der Waals surface area contributed by atoms with Gasteiger partial charge in [0.2, 0.25) is 0 Å². The van der Waals surface area contributed by atoms with Crippen molar-refractivity contribution in [3.8, 4) is 0 Å². The molecular weight excluding hydrogens is 138 g/mol. The van der Waals surface area contributed by atoms with E-state index in [4.69, 9.17) is 5.11 Å². The van der Waals surface area contributed by atoms with Gasteiger partial charge in [0.05, 0.1) is 6.61 Å². The van der Waals surface area contributed by atoms with E-state index in [-0.39, 0.29) is 6.61 Å². The number of hydrogen-bond acceptors (Lipinski definition) is 2. The summed E-state index contributed by atoms with van der Waals surface area (Å²) in [6.45, 7) is 5.50. The van der Waals surface area contributed by atoms with Gasteiger partial charge in [0.15, 0.2) is 0 Å². The van der Waals surface area contributed by atoms with Crippen LogP contribution in [0.2, 0.25) is 0 Å². The van der Waals surface area contributed by atoms with Crippen LogP contribution >= 0.6 is 0 Å². The molecule has 0 aliphatic rings. The van der Waals surface area contributed by atoms with Crippen LogP contribution in [0.25, 0.3) is 0 Å². The van der Waals surface area contributed by atoms with Crippen LogP contribution in [0, 0.1) is 0 Å². The first-order valence-corrected chi connectivity index (χ1v) is 4.69. The normalized spacial score (nSPS) is 13.4. The Morgan fingerprint density at radius 3 is 2.45 bits per heavy atom.